The van der Waals surface area contributed by atoms with E-state index in [0.29, 0.717) is 17.3 Å². The first-order valence-corrected chi connectivity index (χ1v) is 8.65. The third-order valence-electron chi connectivity index (χ3n) is 4.06. The molecule has 0 spiro atoms. The van der Waals surface area contributed by atoms with Gasteiger partial charge in [0.2, 0.25) is 5.91 Å². The van der Waals surface area contributed by atoms with E-state index in [9.17, 15) is 4.79 Å². The van der Waals surface area contributed by atoms with Crippen molar-refractivity contribution in [3.05, 3.63) is 58.6 Å². The lowest BCUT2D eigenvalue weighted by Gasteiger charge is -2.35. The highest BCUT2D eigenvalue weighted by molar-refractivity contribution is 6.33. The monoisotopic (exact) mass is 363 g/mol. The fourth-order valence-corrected chi connectivity index (χ4v) is 3.16. The summed E-state index contributed by atoms with van der Waals surface area (Å²) >= 11 is 12.1. The second-order valence-corrected chi connectivity index (χ2v) is 6.61. The van der Waals surface area contributed by atoms with E-state index in [1.54, 1.807) is 12.1 Å². The van der Waals surface area contributed by atoms with Gasteiger partial charge in [0.25, 0.3) is 0 Å². The number of hydrogen-bond acceptors (Lipinski definition) is 3. The lowest BCUT2D eigenvalue weighted by atomic mass is 10.2. The first-order valence-electron chi connectivity index (χ1n) is 7.89. The van der Waals surface area contributed by atoms with Gasteiger partial charge in [-0.05, 0) is 30.3 Å². The number of hydrogen-bond donors (Lipinski definition) is 1. The molecule has 2 aromatic carbocycles. The minimum Gasteiger partial charge on any atom is -0.369 e. The van der Waals surface area contributed by atoms with Crippen molar-refractivity contribution in [1.29, 1.82) is 0 Å². The molecule has 0 bridgehead atoms. The van der Waals surface area contributed by atoms with Crippen molar-refractivity contribution in [2.75, 3.05) is 42.9 Å². The Labute approximate surface area is 152 Å². The van der Waals surface area contributed by atoms with Gasteiger partial charge in [0.15, 0.2) is 0 Å². The summed E-state index contributed by atoms with van der Waals surface area (Å²) < 4.78 is 0. The molecule has 24 heavy (non-hydrogen) atoms. The highest BCUT2D eigenvalue weighted by Gasteiger charge is 2.19. The molecule has 1 saturated heterocycles. The average Bonchev–Trinajstić information content (AvgIpc) is 2.58. The molecule has 1 fully saturated rings. The predicted octanol–water partition coefficient (Wildman–Crippen LogP) is 3.75. The summed E-state index contributed by atoms with van der Waals surface area (Å²) in [5.74, 6) is -0.0423. The van der Waals surface area contributed by atoms with Gasteiger partial charge in [0.05, 0.1) is 17.3 Å². The van der Waals surface area contributed by atoms with Crippen LogP contribution < -0.4 is 10.2 Å². The molecule has 0 aromatic heterocycles. The number of benzene rings is 2. The summed E-state index contributed by atoms with van der Waals surface area (Å²) in [5, 5.41) is 4.16. The maximum absolute atomic E-state index is 12.2. The Balaban J connectivity index is 1.50. The summed E-state index contributed by atoms with van der Waals surface area (Å²) in [5.41, 5.74) is 1.78. The molecule has 126 valence electrons. The van der Waals surface area contributed by atoms with Gasteiger partial charge in [-0.2, -0.15) is 0 Å². The Hall–Kier alpha value is -1.75. The molecule has 6 heteroatoms. The number of piperazine rings is 1. The fraction of sp³-hybridized carbons (Fsp3) is 0.278. The summed E-state index contributed by atoms with van der Waals surface area (Å²) in [6.45, 7) is 3.79. The number of halogens is 2. The van der Waals surface area contributed by atoms with Crippen LogP contribution in [0.3, 0.4) is 0 Å². The molecule has 1 amide bonds. The Bertz CT molecular complexity index is 715. The van der Waals surface area contributed by atoms with Crippen molar-refractivity contribution < 1.29 is 4.79 Å². The number of para-hydroxylation sites is 1. The third-order valence-corrected chi connectivity index (χ3v) is 4.63. The van der Waals surface area contributed by atoms with E-state index in [1.165, 1.54) is 0 Å². The van der Waals surface area contributed by atoms with Crippen LogP contribution in [-0.2, 0) is 4.79 Å². The van der Waals surface area contributed by atoms with Gasteiger partial charge in [0, 0.05) is 36.9 Å². The van der Waals surface area contributed by atoms with Crippen molar-refractivity contribution in [3.8, 4) is 0 Å². The normalized spacial score (nSPS) is 15.3. The molecule has 0 saturated carbocycles. The van der Waals surface area contributed by atoms with Gasteiger partial charge in [-0.1, -0.05) is 41.4 Å². The first kappa shape index (κ1) is 17.1. The molecule has 0 atom stereocenters. The van der Waals surface area contributed by atoms with Gasteiger partial charge >= 0.3 is 0 Å². The lowest BCUT2D eigenvalue weighted by molar-refractivity contribution is -0.117. The molecule has 1 aliphatic rings. The second kappa shape index (κ2) is 7.88. The Morgan fingerprint density at radius 1 is 1.00 bits per heavy atom. The Morgan fingerprint density at radius 2 is 1.75 bits per heavy atom. The van der Waals surface area contributed by atoms with Crippen molar-refractivity contribution in [2.24, 2.45) is 0 Å². The molecule has 3 rings (SSSR count). The number of carbonyl (C=O) groups excluding carboxylic acids is 1. The minimum atomic E-state index is -0.0423. The van der Waals surface area contributed by atoms with Crippen molar-refractivity contribution in [1.82, 2.24) is 4.90 Å². The number of nitrogens with one attached hydrogen (secondary N) is 1. The average molecular weight is 364 g/mol. The largest absolute Gasteiger partial charge is 0.369 e. The number of rotatable bonds is 4. The van der Waals surface area contributed by atoms with Crippen LogP contribution in [0.15, 0.2) is 48.5 Å². The Morgan fingerprint density at radius 3 is 2.46 bits per heavy atom. The van der Waals surface area contributed by atoms with Crippen molar-refractivity contribution >= 4 is 40.5 Å². The standard InChI is InChI=1S/C18H19Cl2N3O/c19-14-4-3-5-15(12-14)23-10-8-22(9-11-23)13-18(24)21-17-7-2-1-6-16(17)20/h1-7,12H,8-11,13H2,(H,21,24). The van der Waals surface area contributed by atoms with Crippen molar-refractivity contribution in [2.45, 2.75) is 0 Å². The van der Waals surface area contributed by atoms with Gasteiger partial charge < -0.3 is 10.2 Å². The van der Waals surface area contributed by atoms with Crippen LogP contribution in [-0.4, -0.2) is 43.5 Å². The minimum absolute atomic E-state index is 0.0423. The summed E-state index contributed by atoms with van der Waals surface area (Å²) in [6.07, 6.45) is 0. The topological polar surface area (TPSA) is 35.6 Å². The van der Waals surface area contributed by atoms with E-state index < -0.39 is 0 Å². The van der Waals surface area contributed by atoms with E-state index >= 15 is 0 Å². The molecule has 4 nitrogen and oxygen atoms in total. The van der Waals surface area contributed by atoms with Crippen LogP contribution in [0.1, 0.15) is 0 Å². The summed E-state index contributed by atoms with van der Waals surface area (Å²) in [4.78, 5) is 16.6. The number of amides is 1. The van der Waals surface area contributed by atoms with Crippen LogP contribution in [0.5, 0.6) is 0 Å². The van der Waals surface area contributed by atoms with E-state index in [4.69, 9.17) is 23.2 Å². The molecular weight excluding hydrogens is 345 g/mol. The number of carbonyl (C=O) groups is 1. The highest BCUT2D eigenvalue weighted by atomic mass is 35.5. The molecule has 1 N–H and O–H groups in total. The van der Waals surface area contributed by atoms with Gasteiger partial charge in [-0.15, -0.1) is 0 Å². The SMILES string of the molecule is O=C(CN1CCN(c2cccc(Cl)c2)CC1)Nc1ccccc1Cl. The van der Waals surface area contributed by atoms with Crippen LogP contribution in [0.2, 0.25) is 10.0 Å². The first-order chi connectivity index (χ1) is 11.6. The predicted molar refractivity (Wildman–Crippen MR) is 100 cm³/mol. The van der Waals surface area contributed by atoms with E-state index in [1.807, 2.05) is 30.3 Å². The molecule has 0 aliphatic carbocycles. The van der Waals surface area contributed by atoms with Crippen molar-refractivity contribution in [3.63, 3.8) is 0 Å². The maximum atomic E-state index is 12.2. The Kier molecular flexibility index (Phi) is 5.61. The fourth-order valence-electron chi connectivity index (χ4n) is 2.79. The van der Waals surface area contributed by atoms with Crippen LogP contribution in [0, 0.1) is 0 Å². The van der Waals surface area contributed by atoms with Crippen LogP contribution in [0.4, 0.5) is 11.4 Å². The van der Waals surface area contributed by atoms with Crippen LogP contribution >= 0.6 is 23.2 Å². The maximum Gasteiger partial charge on any atom is 0.238 e. The molecular formula is C18H19Cl2N3O. The number of anilines is 2. The zero-order valence-electron chi connectivity index (χ0n) is 13.2. The van der Waals surface area contributed by atoms with E-state index in [-0.39, 0.29) is 5.91 Å². The van der Waals surface area contributed by atoms with E-state index in [2.05, 4.69) is 21.2 Å². The quantitative estimate of drug-likeness (QED) is 0.898. The second-order valence-electron chi connectivity index (χ2n) is 5.77. The van der Waals surface area contributed by atoms with E-state index in [0.717, 1.165) is 36.9 Å². The molecule has 1 heterocycles. The molecule has 2 aromatic rings. The molecule has 1 aliphatic heterocycles. The summed E-state index contributed by atoms with van der Waals surface area (Å²) in [7, 11) is 0. The van der Waals surface area contributed by atoms with Gasteiger partial charge in [-0.3, -0.25) is 9.69 Å². The molecule has 0 unspecified atom stereocenters. The zero-order valence-corrected chi connectivity index (χ0v) is 14.7. The third kappa shape index (κ3) is 4.41. The summed E-state index contributed by atoms with van der Waals surface area (Å²) in [6, 6.07) is 15.1. The van der Waals surface area contributed by atoms with Gasteiger partial charge in [-0.25, -0.2) is 0 Å². The smallest absolute Gasteiger partial charge is 0.238 e. The van der Waals surface area contributed by atoms with Gasteiger partial charge in [0.1, 0.15) is 0 Å². The van der Waals surface area contributed by atoms with Crippen LogP contribution in [0.25, 0.3) is 0 Å². The highest BCUT2D eigenvalue weighted by Crippen LogP contribution is 2.22. The molecule has 0 radical (unpaired) electrons. The lowest BCUT2D eigenvalue weighted by Crippen LogP contribution is -2.48. The number of nitrogens with zero attached hydrogens (tertiary/aromatic N) is 2. The zero-order chi connectivity index (χ0) is 16.9.